The highest BCUT2D eigenvalue weighted by Gasteiger charge is 2.40. The average Bonchev–Trinajstić information content (AvgIpc) is 3.11. The third kappa shape index (κ3) is 3.38. The van der Waals surface area contributed by atoms with Crippen LogP contribution in [-0.4, -0.2) is 42.1 Å². The number of hydrogen-bond acceptors (Lipinski definition) is 6. The SMILES string of the molecule is O=C1CCC(N2Cc3c(NS(=O)(=O)c4ccc5cccnc5c4)cccc3C2=O)C(=O)N1. The summed E-state index contributed by atoms with van der Waals surface area (Å²) in [7, 11) is -3.95. The molecule has 3 heterocycles. The molecule has 2 aliphatic heterocycles. The molecule has 1 saturated heterocycles. The summed E-state index contributed by atoms with van der Waals surface area (Å²) in [5.41, 5.74) is 1.64. The average molecular weight is 450 g/mol. The second-order valence-corrected chi connectivity index (χ2v) is 9.38. The number of pyridine rings is 1. The van der Waals surface area contributed by atoms with Gasteiger partial charge in [-0.15, -0.1) is 0 Å². The molecular weight excluding hydrogens is 432 g/mol. The maximum Gasteiger partial charge on any atom is 0.261 e. The van der Waals surface area contributed by atoms with Gasteiger partial charge in [-0.1, -0.05) is 18.2 Å². The molecule has 1 fully saturated rings. The molecule has 1 aromatic heterocycles. The lowest BCUT2D eigenvalue weighted by atomic mass is 10.0. The predicted octanol–water partition coefficient (Wildman–Crippen LogP) is 1.80. The summed E-state index contributed by atoms with van der Waals surface area (Å²) in [5.74, 6) is -1.26. The molecule has 1 unspecified atom stereocenters. The summed E-state index contributed by atoms with van der Waals surface area (Å²) in [5, 5.41) is 3.07. The van der Waals surface area contributed by atoms with E-state index in [2.05, 4.69) is 15.0 Å². The van der Waals surface area contributed by atoms with Gasteiger partial charge in [0.15, 0.2) is 0 Å². The fraction of sp³-hybridized carbons (Fsp3) is 0.182. The number of anilines is 1. The Bertz CT molecular complexity index is 1400. The monoisotopic (exact) mass is 450 g/mol. The number of amides is 3. The van der Waals surface area contributed by atoms with Gasteiger partial charge in [0.05, 0.1) is 16.1 Å². The van der Waals surface area contributed by atoms with E-state index in [0.29, 0.717) is 16.6 Å². The van der Waals surface area contributed by atoms with Gasteiger partial charge in [-0.3, -0.25) is 29.4 Å². The molecule has 162 valence electrons. The summed E-state index contributed by atoms with van der Waals surface area (Å²) >= 11 is 0. The molecule has 0 aliphatic carbocycles. The van der Waals surface area contributed by atoms with Crippen molar-refractivity contribution < 1.29 is 22.8 Å². The summed E-state index contributed by atoms with van der Waals surface area (Å²) in [6.07, 6.45) is 1.97. The Kier molecular flexibility index (Phi) is 4.66. The quantitative estimate of drug-likeness (QED) is 0.584. The van der Waals surface area contributed by atoms with Crippen molar-refractivity contribution >= 4 is 44.3 Å². The van der Waals surface area contributed by atoms with Gasteiger partial charge in [-0.25, -0.2) is 8.42 Å². The lowest BCUT2D eigenvalue weighted by Crippen LogP contribution is -2.52. The summed E-state index contributed by atoms with van der Waals surface area (Å²) < 4.78 is 28.7. The Morgan fingerprint density at radius 2 is 1.91 bits per heavy atom. The molecule has 10 heteroatoms. The normalized spacial score (nSPS) is 18.6. The Morgan fingerprint density at radius 3 is 2.72 bits per heavy atom. The van der Waals surface area contributed by atoms with Crippen LogP contribution in [0.4, 0.5) is 5.69 Å². The number of piperidine rings is 1. The van der Waals surface area contributed by atoms with Crippen LogP contribution < -0.4 is 10.0 Å². The van der Waals surface area contributed by atoms with E-state index in [1.165, 1.54) is 17.0 Å². The van der Waals surface area contributed by atoms with Gasteiger partial charge in [0, 0.05) is 35.7 Å². The van der Waals surface area contributed by atoms with Crippen LogP contribution >= 0.6 is 0 Å². The fourth-order valence-electron chi connectivity index (χ4n) is 4.10. The molecule has 3 amide bonds. The molecule has 0 spiro atoms. The van der Waals surface area contributed by atoms with Crippen molar-refractivity contribution in [1.82, 2.24) is 15.2 Å². The second kappa shape index (κ2) is 7.41. The van der Waals surface area contributed by atoms with Crippen molar-refractivity contribution in [2.24, 2.45) is 0 Å². The van der Waals surface area contributed by atoms with Crippen molar-refractivity contribution in [2.45, 2.75) is 30.3 Å². The topological polar surface area (TPSA) is 126 Å². The zero-order valence-corrected chi connectivity index (χ0v) is 17.6. The number of imide groups is 1. The standard InChI is InChI=1S/C22H18N4O5S/c27-20-9-8-19(21(28)24-20)26-12-16-15(22(26)29)4-1-5-17(16)25-32(30,31)14-7-6-13-3-2-10-23-18(13)11-14/h1-7,10-11,19,25H,8-9,12H2,(H,24,27,28). The van der Waals surface area contributed by atoms with Crippen LogP contribution in [0.3, 0.4) is 0 Å². The Hall–Kier alpha value is -3.79. The second-order valence-electron chi connectivity index (χ2n) is 7.70. The largest absolute Gasteiger partial charge is 0.322 e. The number of sulfonamides is 1. The molecule has 5 rings (SSSR count). The fourth-order valence-corrected chi connectivity index (χ4v) is 5.21. The van der Waals surface area contributed by atoms with Crippen LogP contribution in [0.15, 0.2) is 59.6 Å². The lowest BCUT2D eigenvalue weighted by Gasteiger charge is -2.29. The first-order valence-electron chi connectivity index (χ1n) is 9.98. The minimum absolute atomic E-state index is 0.0488. The molecule has 3 aromatic rings. The minimum Gasteiger partial charge on any atom is -0.322 e. The number of fused-ring (bicyclic) bond motifs is 2. The highest BCUT2D eigenvalue weighted by molar-refractivity contribution is 7.92. The van der Waals surface area contributed by atoms with Crippen LogP contribution in [0.2, 0.25) is 0 Å². The predicted molar refractivity (Wildman–Crippen MR) is 115 cm³/mol. The third-order valence-corrected chi connectivity index (χ3v) is 7.08. The number of hydrogen-bond donors (Lipinski definition) is 2. The van der Waals surface area contributed by atoms with Gasteiger partial charge in [-0.2, -0.15) is 0 Å². The van der Waals surface area contributed by atoms with E-state index in [1.807, 2.05) is 6.07 Å². The number of nitrogens with one attached hydrogen (secondary N) is 2. The van der Waals surface area contributed by atoms with Gasteiger partial charge in [0.2, 0.25) is 11.8 Å². The smallest absolute Gasteiger partial charge is 0.261 e. The molecule has 9 nitrogen and oxygen atoms in total. The van der Waals surface area contributed by atoms with Crippen molar-refractivity contribution in [3.63, 3.8) is 0 Å². The maximum atomic E-state index is 13.1. The number of carbonyl (C=O) groups excluding carboxylic acids is 3. The number of carbonyl (C=O) groups is 3. The van der Waals surface area contributed by atoms with E-state index >= 15 is 0 Å². The van der Waals surface area contributed by atoms with Crippen LogP contribution in [0.25, 0.3) is 10.9 Å². The highest BCUT2D eigenvalue weighted by Crippen LogP contribution is 2.33. The van der Waals surface area contributed by atoms with Gasteiger partial charge in [0.1, 0.15) is 6.04 Å². The Morgan fingerprint density at radius 1 is 1.06 bits per heavy atom. The van der Waals surface area contributed by atoms with Gasteiger partial charge in [-0.05, 0) is 36.8 Å². The molecule has 2 aliphatic rings. The van der Waals surface area contributed by atoms with E-state index in [9.17, 15) is 22.8 Å². The van der Waals surface area contributed by atoms with Crippen LogP contribution in [-0.2, 0) is 26.2 Å². The van der Waals surface area contributed by atoms with Crippen molar-refractivity contribution in [3.05, 3.63) is 65.9 Å². The number of aromatic nitrogens is 1. The molecule has 32 heavy (non-hydrogen) atoms. The van der Waals surface area contributed by atoms with E-state index in [0.717, 1.165) is 5.39 Å². The number of benzene rings is 2. The minimum atomic E-state index is -3.95. The maximum absolute atomic E-state index is 13.1. The zero-order chi connectivity index (χ0) is 22.5. The summed E-state index contributed by atoms with van der Waals surface area (Å²) in [6, 6.07) is 12.3. The Balaban J connectivity index is 1.45. The molecule has 0 saturated carbocycles. The van der Waals surface area contributed by atoms with Crippen LogP contribution in [0, 0.1) is 0 Å². The highest BCUT2D eigenvalue weighted by atomic mass is 32.2. The van der Waals surface area contributed by atoms with Gasteiger partial charge < -0.3 is 4.90 Å². The zero-order valence-electron chi connectivity index (χ0n) is 16.7. The van der Waals surface area contributed by atoms with E-state index in [-0.39, 0.29) is 41.8 Å². The van der Waals surface area contributed by atoms with Crippen LogP contribution in [0.5, 0.6) is 0 Å². The molecular formula is C22H18N4O5S. The molecule has 2 aromatic carbocycles. The third-order valence-electron chi connectivity index (χ3n) is 5.71. The van der Waals surface area contributed by atoms with Crippen molar-refractivity contribution in [2.75, 3.05) is 4.72 Å². The van der Waals surface area contributed by atoms with E-state index in [4.69, 9.17) is 0 Å². The van der Waals surface area contributed by atoms with Gasteiger partial charge in [0.25, 0.3) is 15.9 Å². The number of rotatable bonds is 4. The van der Waals surface area contributed by atoms with Crippen LogP contribution in [0.1, 0.15) is 28.8 Å². The molecule has 2 N–H and O–H groups in total. The van der Waals surface area contributed by atoms with E-state index < -0.39 is 22.0 Å². The lowest BCUT2D eigenvalue weighted by molar-refractivity contribution is -0.136. The first-order chi connectivity index (χ1) is 15.3. The van der Waals surface area contributed by atoms with Crippen molar-refractivity contribution in [1.29, 1.82) is 0 Å². The number of nitrogens with zero attached hydrogens (tertiary/aromatic N) is 2. The Labute approximate surface area is 183 Å². The molecule has 1 atom stereocenters. The summed E-state index contributed by atoms with van der Waals surface area (Å²) in [4.78, 5) is 42.3. The summed E-state index contributed by atoms with van der Waals surface area (Å²) in [6.45, 7) is 0.0679. The molecule has 0 radical (unpaired) electrons. The first kappa shape index (κ1) is 20.1. The first-order valence-corrected chi connectivity index (χ1v) is 11.5. The van der Waals surface area contributed by atoms with Gasteiger partial charge >= 0.3 is 0 Å². The van der Waals surface area contributed by atoms with Crippen molar-refractivity contribution in [3.8, 4) is 0 Å². The molecule has 0 bridgehead atoms. The van der Waals surface area contributed by atoms with E-state index in [1.54, 1.807) is 36.5 Å².